The molecule has 1 aromatic carbocycles. The van der Waals surface area contributed by atoms with Gasteiger partial charge in [-0.25, -0.2) is 5.10 Å². The van der Waals surface area contributed by atoms with Gasteiger partial charge in [-0.1, -0.05) is 32.0 Å². The van der Waals surface area contributed by atoms with Gasteiger partial charge in [-0.2, -0.15) is 5.10 Å². The van der Waals surface area contributed by atoms with Gasteiger partial charge < -0.3 is 11.1 Å². The Morgan fingerprint density at radius 3 is 2.32 bits per heavy atom. The van der Waals surface area contributed by atoms with Crippen molar-refractivity contribution in [3.8, 4) is 0 Å². The molecule has 132 valence electrons. The second kappa shape index (κ2) is 5.98. The topological polar surface area (TPSA) is 118 Å². The number of amides is 2. The summed E-state index contributed by atoms with van der Waals surface area (Å²) in [5.41, 5.74) is 4.38. The molecule has 0 atom stereocenters. The Hall–Kier alpha value is -2.70. The summed E-state index contributed by atoms with van der Waals surface area (Å²) in [4.78, 5) is 36.8. The molecule has 0 unspecified atom stereocenters. The number of benzene rings is 1. The highest BCUT2D eigenvalue weighted by Gasteiger charge is 2.44. The highest BCUT2D eigenvalue weighted by atomic mass is 16.2. The molecular formula is C18H22N4O3. The Morgan fingerprint density at radius 2 is 1.72 bits per heavy atom. The monoisotopic (exact) mass is 342 g/mol. The normalized spacial score (nSPS) is 18.6. The van der Waals surface area contributed by atoms with E-state index in [0.29, 0.717) is 23.6 Å². The van der Waals surface area contributed by atoms with Crippen molar-refractivity contribution >= 4 is 22.6 Å². The van der Waals surface area contributed by atoms with Crippen LogP contribution in [-0.2, 0) is 4.79 Å². The van der Waals surface area contributed by atoms with Gasteiger partial charge in [0.15, 0.2) is 5.69 Å². The Labute approximate surface area is 145 Å². The van der Waals surface area contributed by atoms with Crippen LogP contribution in [-0.4, -0.2) is 27.6 Å². The minimum Gasteiger partial charge on any atom is -0.368 e. The highest BCUT2D eigenvalue weighted by Crippen LogP contribution is 2.40. The molecule has 3 rings (SSSR count). The van der Waals surface area contributed by atoms with E-state index < -0.39 is 17.4 Å². The van der Waals surface area contributed by atoms with Gasteiger partial charge in [-0.15, -0.1) is 0 Å². The number of aromatic amines is 1. The fraction of sp³-hybridized carbons (Fsp3) is 0.444. The quantitative estimate of drug-likeness (QED) is 0.783. The van der Waals surface area contributed by atoms with Crippen LogP contribution in [0.4, 0.5) is 0 Å². The fourth-order valence-corrected chi connectivity index (χ4v) is 3.35. The van der Waals surface area contributed by atoms with E-state index in [2.05, 4.69) is 29.4 Å². The van der Waals surface area contributed by atoms with Crippen molar-refractivity contribution in [1.82, 2.24) is 15.5 Å². The second-order valence-corrected chi connectivity index (χ2v) is 7.51. The summed E-state index contributed by atoms with van der Waals surface area (Å²) in [6.45, 7) is 4.27. The molecule has 0 spiro atoms. The van der Waals surface area contributed by atoms with E-state index in [1.54, 1.807) is 24.3 Å². The predicted octanol–water partition coefficient (Wildman–Crippen LogP) is 1.48. The van der Waals surface area contributed by atoms with Crippen LogP contribution >= 0.6 is 0 Å². The summed E-state index contributed by atoms with van der Waals surface area (Å²) in [5, 5.41) is 9.84. The standard InChI is InChI=1S/C18H22N4O3/c1-17(2)7-9-18(10-8-17,16(19)25)20-15(24)13-11-5-3-4-6-12(11)14(23)22-21-13/h3-6H,7-10H2,1-2H3,(H2,19,25)(H,20,24)(H,22,23). The molecule has 25 heavy (non-hydrogen) atoms. The van der Waals surface area contributed by atoms with E-state index in [1.807, 2.05) is 0 Å². The number of fused-ring (bicyclic) bond motifs is 1. The molecule has 2 amide bonds. The van der Waals surface area contributed by atoms with Crippen molar-refractivity contribution in [2.75, 3.05) is 0 Å². The van der Waals surface area contributed by atoms with Crippen LogP contribution < -0.4 is 16.6 Å². The maximum atomic E-state index is 12.8. The van der Waals surface area contributed by atoms with Gasteiger partial charge >= 0.3 is 0 Å². The van der Waals surface area contributed by atoms with Crippen LogP contribution in [0.3, 0.4) is 0 Å². The van der Waals surface area contributed by atoms with E-state index in [4.69, 9.17) is 5.73 Å². The Bertz CT molecular complexity index is 891. The summed E-state index contributed by atoms with van der Waals surface area (Å²) in [6, 6.07) is 6.73. The molecule has 0 radical (unpaired) electrons. The maximum absolute atomic E-state index is 12.8. The first-order valence-corrected chi connectivity index (χ1v) is 8.34. The number of carbonyl (C=O) groups is 2. The lowest BCUT2D eigenvalue weighted by molar-refractivity contribution is -0.126. The summed E-state index contributed by atoms with van der Waals surface area (Å²) in [7, 11) is 0. The molecule has 1 heterocycles. The van der Waals surface area contributed by atoms with Crippen molar-refractivity contribution in [2.45, 2.75) is 45.1 Å². The zero-order valence-corrected chi connectivity index (χ0v) is 14.4. The van der Waals surface area contributed by atoms with E-state index in [9.17, 15) is 14.4 Å². The molecule has 2 aromatic rings. The number of nitrogens with zero attached hydrogens (tertiary/aromatic N) is 1. The van der Waals surface area contributed by atoms with Crippen LogP contribution in [0.15, 0.2) is 29.1 Å². The number of H-pyrrole nitrogens is 1. The Kier molecular flexibility index (Phi) is 4.10. The third-order valence-electron chi connectivity index (χ3n) is 5.19. The number of rotatable bonds is 3. The molecule has 1 aliphatic carbocycles. The molecule has 1 aliphatic rings. The molecule has 1 fully saturated rings. The van der Waals surface area contributed by atoms with Crippen molar-refractivity contribution in [3.63, 3.8) is 0 Å². The van der Waals surface area contributed by atoms with Gasteiger partial charge in [0, 0.05) is 5.39 Å². The third kappa shape index (κ3) is 3.14. The first-order chi connectivity index (χ1) is 11.7. The fourth-order valence-electron chi connectivity index (χ4n) is 3.35. The maximum Gasteiger partial charge on any atom is 0.273 e. The van der Waals surface area contributed by atoms with Crippen LogP contribution in [0.25, 0.3) is 10.8 Å². The number of nitrogens with one attached hydrogen (secondary N) is 2. The molecule has 4 N–H and O–H groups in total. The SMILES string of the molecule is CC1(C)CCC(NC(=O)c2n[nH]c(=O)c3ccccc23)(C(N)=O)CC1. The number of primary amides is 1. The molecule has 0 aliphatic heterocycles. The zero-order valence-electron chi connectivity index (χ0n) is 14.4. The lowest BCUT2D eigenvalue weighted by Crippen LogP contribution is -2.59. The van der Waals surface area contributed by atoms with Crippen LogP contribution in [0.5, 0.6) is 0 Å². The number of aromatic nitrogens is 2. The molecule has 7 nitrogen and oxygen atoms in total. The van der Waals surface area contributed by atoms with Gasteiger partial charge in [0.2, 0.25) is 5.91 Å². The highest BCUT2D eigenvalue weighted by molar-refractivity contribution is 6.06. The average molecular weight is 342 g/mol. The molecule has 1 saturated carbocycles. The zero-order chi connectivity index (χ0) is 18.2. The first-order valence-electron chi connectivity index (χ1n) is 8.34. The van der Waals surface area contributed by atoms with E-state index >= 15 is 0 Å². The van der Waals surface area contributed by atoms with Crippen LogP contribution in [0.2, 0.25) is 0 Å². The number of hydrogen-bond donors (Lipinski definition) is 3. The molecule has 1 aromatic heterocycles. The van der Waals surface area contributed by atoms with Gasteiger partial charge in [-0.05, 0) is 37.2 Å². The van der Waals surface area contributed by atoms with E-state index in [1.165, 1.54) is 0 Å². The molecule has 0 saturated heterocycles. The summed E-state index contributed by atoms with van der Waals surface area (Å²) >= 11 is 0. The lowest BCUT2D eigenvalue weighted by atomic mass is 9.69. The van der Waals surface area contributed by atoms with Crippen molar-refractivity contribution in [3.05, 3.63) is 40.3 Å². The van der Waals surface area contributed by atoms with E-state index in [-0.39, 0.29) is 16.7 Å². The van der Waals surface area contributed by atoms with Crippen molar-refractivity contribution in [1.29, 1.82) is 0 Å². The summed E-state index contributed by atoms with van der Waals surface area (Å²) in [6.07, 6.45) is 2.55. The molecule has 7 heteroatoms. The smallest absolute Gasteiger partial charge is 0.273 e. The Morgan fingerprint density at radius 1 is 1.12 bits per heavy atom. The van der Waals surface area contributed by atoms with Crippen LogP contribution in [0.1, 0.15) is 50.0 Å². The van der Waals surface area contributed by atoms with Crippen LogP contribution in [0, 0.1) is 5.41 Å². The number of carbonyl (C=O) groups excluding carboxylic acids is 2. The minimum absolute atomic E-state index is 0.0839. The average Bonchev–Trinajstić information content (AvgIpc) is 2.57. The van der Waals surface area contributed by atoms with Crippen molar-refractivity contribution < 1.29 is 9.59 Å². The largest absolute Gasteiger partial charge is 0.368 e. The van der Waals surface area contributed by atoms with Crippen molar-refractivity contribution in [2.24, 2.45) is 11.1 Å². The third-order valence-corrected chi connectivity index (χ3v) is 5.19. The number of nitrogens with two attached hydrogens (primary N) is 1. The van der Waals surface area contributed by atoms with E-state index in [0.717, 1.165) is 12.8 Å². The summed E-state index contributed by atoms with van der Waals surface area (Å²) in [5.74, 6) is -1.05. The van der Waals surface area contributed by atoms with Gasteiger partial charge in [0.1, 0.15) is 5.54 Å². The first kappa shape index (κ1) is 17.1. The predicted molar refractivity (Wildman–Crippen MR) is 94.0 cm³/mol. The molecular weight excluding hydrogens is 320 g/mol. The van der Waals surface area contributed by atoms with Gasteiger partial charge in [0.25, 0.3) is 11.5 Å². The molecule has 0 bridgehead atoms. The van der Waals surface area contributed by atoms with Gasteiger partial charge in [-0.3, -0.25) is 14.4 Å². The minimum atomic E-state index is -1.08. The second-order valence-electron chi connectivity index (χ2n) is 7.51. The van der Waals surface area contributed by atoms with Gasteiger partial charge in [0.05, 0.1) is 5.39 Å². The lowest BCUT2D eigenvalue weighted by Gasteiger charge is -2.41. The number of hydrogen-bond acceptors (Lipinski definition) is 4. The summed E-state index contributed by atoms with van der Waals surface area (Å²) < 4.78 is 0. The Balaban J connectivity index is 1.95.